The van der Waals surface area contributed by atoms with Gasteiger partial charge in [-0.2, -0.15) is 0 Å². The molecule has 0 aromatic heterocycles. The Kier molecular flexibility index (Phi) is 44.7. The molecule has 8 bridgehead atoms. The van der Waals surface area contributed by atoms with Gasteiger partial charge in [0.2, 0.25) is 17.7 Å². The van der Waals surface area contributed by atoms with Crippen LogP contribution in [0.15, 0.2) is 72.8 Å². The molecule has 0 N–H and O–H groups in total. The van der Waals surface area contributed by atoms with Crippen molar-refractivity contribution < 1.29 is 28.6 Å². The second kappa shape index (κ2) is 52.6. The van der Waals surface area contributed by atoms with Gasteiger partial charge in [0.25, 0.3) is 0 Å². The van der Waals surface area contributed by atoms with Crippen molar-refractivity contribution in [1.82, 2.24) is 24.5 Å². The molecule has 92 heavy (non-hydrogen) atoms. The zero-order chi connectivity index (χ0) is 65.0. The van der Waals surface area contributed by atoms with Crippen LogP contribution in [0.25, 0.3) is 0 Å². The van der Waals surface area contributed by atoms with E-state index in [1.807, 2.05) is 18.2 Å². The van der Waals surface area contributed by atoms with Crippen LogP contribution in [0.3, 0.4) is 0 Å². The maximum absolute atomic E-state index is 14.7. The van der Waals surface area contributed by atoms with E-state index in [1.165, 1.54) is 212 Å². The lowest BCUT2D eigenvalue weighted by Crippen LogP contribution is -2.45. The van der Waals surface area contributed by atoms with E-state index in [1.54, 1.807) is 0 Å². The number of carbonyl (C=O) groups is 3. The normalized spacial score (nSPS) is 16.4. The maximum Gasteiger partial charge on any atom is 0.222 e. The molecular weight excluding hydrogens is 1140 g/mol. The summed E-state index contributed by atoms with van der Waals surface area (Å²) in [5, 5.41) is 0. The van der Waals surface area contributed by atoms with Gasteiger partial charge in [-0.25, -0.2) is 0 Å². The molecule has 11 heteroatoms. The summed E-state index contributed by atoms with van der Waals surface area (Å²) in [4.78, 5) is 55.2. The highest BCUT2D eigenvalue weighted by Gasteiger charge is 2.23. The number of hydrogen-bond donors (Lipinski definition) is 0. The molecule has 6 rings (SSSR count). The van der Waals surface area contributed by atoms with Crippen LogP contribution in [-0.2, 0) is 34.0 Å². The highest BCUT2D eigenvalue weighted by atomic mass is 16.5. The summed E-state index contributed by atoms with van der Waals surface area (Å²) in [6, 6.07) is 24.9. The average Bonchev–Trinajstić information content (AvgIpc) is 1.78. The van der Waals surface area contributed by atoms with Crippen LogP contribution < -0.4 is 14.2 Å². The first-order chi connectivity index (χ1) is 45.3. The van der Waals surface area contributed by atoms with E-state index in [4.69, 9.17) is 14.2 Å². The quantitative estimate of drug-likeness (QED) is 0.0518. The fraction of sp³-hybridized carbons (Fsp3) is 0.741. The first-order valence-electron chi connectivity index (χ1n) is 38.8. The lowest BCUT2D eigenvalue weighted by atomic mass is 10.0. The van der Waals surface area contributed by atoms with E-state index in [-0.39, 0.29) is 17.7 Å². The number of rotatable bonds is 42. The van der Waals surface area contributed by atoms with E-state index in [0.717, 1.165) is 72.5 Å². The van der Waals surface area contributed by atoms with E-state index in [0.29, 0.717) is 118 Å². The minimum absolute atomic E-state index is 0.187. The molecule has 3 aromatic carbocycles. The molecule has 3 aliphatic heterocycles. The summed E-state index contributed by atoms with van der Waals surface area (Å²) in [7, 11) is 0. The van der Waals surface area contributed by atoms with Crippen molar-refractivity contribution in [1.29, 1.82) is 0 Å². The van der Waals surface area contributed by atoms with Crippen LogP contribution in [0.1, 0.15) is 307 Å². The van der Waals surface area contributed by atoms with Gasteiger partial charge in [0.05, 0.1) is 0 Å². The number of nitrogens with zero attached hydrogens (tertiary/aromatic N) is 5. The van der Waals surface area contributed by atoms with Crippen molar-refractivity contribution in [2.75, 3.05) is 78.7 Å². The zero-order valence-corrected chi connectivity index (χ0v) is 59.4. The largest absolute Gasteiger partial charge is 0.492 e. The maximum atomic E-state index is 14.7. The minimum Gasteiger partial charge on any atom is -0.492 e. The molecule has 0 unspecified atom stereocenters. The summed E-state index contributed by atoms with van der Waals surface area (Å²) in [6.07, 6.45) is 51.0. The van der Waals surface area contributed by atoms with Crippen molar-refractivity contribution in [3.63, 3.8) is 0 Å². The Hall–Kier alpha value is -4.61. The van der Waals surface area contributed by atoms with E-state index in [2.05, 4.69) is 99.9 Å². The molecule has 0 fully saturated rings. The van der Waals surface area contributed by atoms with Crippen LogP contribution in [0.5, 0.6) is 17.2 Å². The molecule has 0 aliphatic carbocycles. The van der Waals surface area contributed by atoms with Gasteiger partial charge in [0, 0.05) is 97.8 Å². The van der Waals surface area contributed by atoms with Gasteiger partial charge in [0.15, 0.2) is 0 Å². The summed E-state index contributed by atoms with van der Waals surface area (Å²) in [6.45, 7) is 15.2. The third kappa shape index (κ3) is 37.5. The first-order valence-corrected chi connectivity index (χ1v) is 38.8. The molecule has 11 nitrogen and oxygen atoms in total. The molecule has 3 aromatic rings. The fourth-order valence-corrected chi connectivity index (χ4v) is 13.4. The Morgan fingerprint density at radius 2 is 0.500 bits per heavy atom. The Morgan fingerprint density at radius 3 is 0.739 bits per heavy atom. The van der Waals surface area contributed by atoms with Gasteiger partial charge in [-0.15, -0.1) is 0 Å². The molecule has 3 amide bonds. The Balaban J connectivity index is 1.36. The Morgan fingerprint density at radius 1 is 0.283 bits per heavy atom. The second-order valence-electron chi connectivity index (χ2n) is 27.6. The van der Waals surface area contributed by atoms with Gasteiger partial charge in [-0.05, 0) is 72.4 Å². The SMILES string of the molecule is CCCCCCCCCCCCCCCC(=O)N1CCN2CCN(C(=O)CCCCCCCCCCCCCCC)Cc3cccc(c3)OCCN(CCOc3cccc(c3)C1)CCOc1cccc(c1)CN(C(=O)CCCCCCCCCCCCCCC)CC2. The number of amides is 3. The van der Waals surface area contributed by atoms with E-state index >= 15 is 0 Å². The lowest BCUT2D eigenvalue weighted by Gasteiger charge is -2.32. The number of unbranched alkanes of at least 4 members (excludes halogenated alkanes) is 36. The number of benzene rings is 3. The van der Waals surface area contributed by atoms with Gasteiger partial charge < -0.3 is 28.9 Å². The van der Waals surface area contributed by atoms with Crippen LogP contribution >= 0.6 is 0 Å². The summed E-state index contributed by atoms with van der Waals surface area (Å²) < 4.78 is 19.5. The lowest BCUT2D eigenvalue weighted by molar-refractivity contribution is -0.132. The number of fused-ring (bicyclic) bond motifs is 15. The summed E-state index contributed by atoms with van der Waals surface area (Å²) >= 11 is 0. The Labute approximate surface area is 563 Å². The smallest absolute Gasteiger partial charge is 0.222 e. The number of carbonyl (C=O) groups excluding carboxylic acids is 3. The summed E-state index contributed by atoms with van der Waals surface area (Å²) in [5.74, 6) is 2.95. The predicted molar refractivity (Wildman–Crippen MR) is 386 cm³/mol. The average molecular weight is 1280 g/mol. The molecule has 3 aliphatic rings. The van der Waals surface area contributed by atoms with Crippen LogP contribution in [0.4, 0.5) is 0 Å². The third-order valence-corrected chi connectivity index (χ3v) is 19.4. The highest BCUT2D eigenvalue weighted by Crippen LogP contribution is 2.23. The third-order valence-electron chi connectivity index (χ3n) is 19.4. The van der Waals surface area contributed by atoms with Crippen molar-refractivity contribution in [2.45, 2.75) is 310 Å². The van der Waals surface area contributed by atoms with Crippen molar-refractivity contribution in [3.05, 3.63) is 89.5 Å². The van der Waals surface area contributed by atoms with Crippen LogP contribution in [0.2, 0.25) is 0 Å². The molecule has 3 heterocycles. The van der Waals surface area contributed by atoms with Crippen molar-refractivity contribution in [2.24, 2.45) is 0 Å². The summed E-state index contributed by atoms with van der Waals surface area (Å²) in [5.41, 5.74) is 3.15. The molecule has 520 valence electrons. The van der Waals surface area contributed by atoms with Gasteiger partial charge >= 0.3 is 0 Å². The molecule has 0 spiro atoms. The predicted octanol–water partition coefficient (Wildman–Crippen LogP) is 20.3. The zero-order valence-electron chi connectivity index (χ0n) is 59.4. The minimum atomic E-state index is 0.187. The molecule has 0 radical (unpaired) electrons. The van der Waals surface area contributed by atoms with Crippen molar-refractivity contribution in [3.8, 4) is 17.2 Å². The fourth-order valence-electron chi connectivity index (χ4n) is 13.4. The molecule has 0 saturated heterocycles. The Bertz CT molecular complexity index is 2060. The van der Waals surface area contributed by atoms with Gasteiger partial charge in [-0.3, -0.25) is 24.2 Å². The standard InChI is InChI=1S/C81H135N5O6/c1-4-7-10-13-16-19-22-25-28-31-34-37-40-52-79(87)84-58-55-82-56-59-85(80(88)53-41-38-35-32-29-26-23-20-17-14-11-8-5-2)71-74-47-44-50-77(68-74)91-65-62-83(61-64-90-76-49-43-46-73(67-76)70-84)63-66-92-78-51-45-48-75(69-78)72-86(60-57-82)81(89)54-42-39-36-33-30-27-24-21-18-15-12-9-6-3/h43-51,67-69H,4-42,52-66,70-72H2,1-3H3. The number of ether oxygens (including phenoxy) is 3. The second-order valence-corrected chi connectivity index (χ2v) is 27.6. The monoisotopic (exact) mass is 1270 g/mol. The van der Waals surface area contributed by atoms with E-state index in [9.17, 15) is 14.4 Å². The van der Waals surface area contributed by atoms with E-state index < -0.39 is 0 Å². The highest BCUT2D eigenvalue weighted by molar-refractivity contribution is 5.77. The molecule has 0 atom stereocenters. The number of hydrogen-bond acceptors (Lipinski definition) is 8. The molecule has 0 saturated carbocycles. The van der Waals surface area contributed by atoms with Crippen LogP contribution in [0, 0.1) is 0 Å². The van der Waals surface area contributed by atoms with Crippen LogP contribution in [-0.4, -0.2) is 121 Å². The first kappa shape index (κ1) is 78.1. The van der Waals surface area contributed by atoms with Crippen molar-refractivity contribution >= 4 is 17.7 Å². The van der Waals surface area contributed by atoms with Gasteiger partial charge in [0.1, 0.15) is 37.1 Å². The topological polar surface area (TPSA) is 95.1 Å². The van der Waals surface area contributed by atoms with Gasteiger partial charge in [-0.1, -0.05) is 288 Å². The molecular formula is C81H135N5O6.